The van der Waals surface area contributed by atoms with E-state index in [2.05, 4.69) is 67.6 Å². The van der Waals surface area contributed by atoms with Crippen LogP contribution in [0, 0.1) is 0 Å². The van der Waals surface area contributed by atoms with Gasteiger partial charge in [-0.2, -0.15) is 0 Å². The number of fused-ring (bicyclic) bond motifs is 1. The van der Waals surface area contributed by atoms with Crippen LogP contribution in [0.5, 0.6) is 0 Å². The van der Waals surface area contributed by atoms with Gasteiger partial charge in [0.2, 0.25) is 6.61 Å². The van der Waals surface area contributed by atoms with Crippen LogP contribution in [0.4, 0.5) is 5.13 Å². The zero-order valence-corrected chi connectivity index (χ0v) is 56.8. The summed E-state index contributed by atoms with van der Waals surface area (Å²) in [6.45, 7) is -0.699. The van der Waals surface area contributed by atoms with Crippen LogP contribution < -0.4 is 10.6 Å². The molecule has 0 saturated carbocycles. The molecule has 0 bridgehead atoms. The summed E-state index contributed by atoms with van der Waals surface area (Å²) in [6.07, 6.45) is 0.0699. The number of aromatic nitrogens is 4. The number of anilines is 1. The Hall–Kier alpha value is -11.1. The molecule has 0 aliphatic carbocycles. The van der Waals surface area contributed by atoms with Gasteiger partial charge in [0, 0.05) is 16.0 Å². The van der Waals surface area contributed by atoms with Crippen molar-refractivity contribution in [3.63, 3.8) is 0 Å². The Balaban J connectivity index is 0.840. The molecular weight excluding hydrogens is 1330 g/mol. The minimum atomic E-state index is -1.21. The maximum atomic E-state index is 16.0. The number of nitrogens with zero attached hydrogens (tertiary/aromatic N) is 5. The van der Waals surface area contributed by atoms with Crippen LogP contribution >= 0.6 is 46.6 Å². The van der Waals surface area contributed by atoms with Crippen LogP contribution in [0.1, 0.15) is 73.5 Å². The van der Waals surface area contributed by atoms with Crippen molar-refractivity contribution in [1.29, 1.82) is 0 Å². The number of oxime groups is 1. The molecule has 0 spiro atoms. The Morgan fingerprint density at radius 1 is 0.560 bits per heavy atom. The summed E-state index contributed by atoms with van der Waals surface area (Å²) in [5.74, 6) is -2.72. The first-order valence-corrected chi connectivity index (χ1v) is 36.0. The minimum Gasteiger partial charge on any atom is -0.450 e. The quantitative estimate of drug-likeness (QED) is 0.00883. The first-order chi connectivity index (χ1) is 49.3. The highest BCUT2D eigenvalue weighted by Gasteiger charge is 2.56. The highest BCUT2D eigenvalue weighted by molar-refractivity contribution is 8.19. The number of esters is 2. The predicted octanol–water partition coefficient (Wildman–Crippen LogP) is 15.5. The van der Waals surface area contributed by atoms with E-state index in [4.69, 9.17) is 19.3 Å². The third-order valence-corrected chi connectivity index (χ3v) is 22.4. The van der Waals surface area contributed by atoms with Gasteiger partial charge in [0.15, 0.2) is 23.1 Å². The topological polar surface area (TPSA) is 190 Å². The SMILES string of the molecule is O=C(CO/N=C(/C(=O)N[C@@H]1C(=O)N2C(C(=O)OC(c3ccccc3)c3ccccc3)=C(SC(Sc3c[nH]nn3)C(c3ccccc3)(c3ccccc3)c3ccccc3)CS[C@H]12)c1csc(NC(c2ccccc2)(c2ccccc2)c2ccccc2)n1)OC(c1ccccc1)c1ccccc1. The number of nitrogens with one attached hydrogen (secondary N) is 3. The highest BCUT2D eigenvalue weighted by atomic mass is 32.2. The number of amides is 2. The molecule has 1 fully saturated rings. The van der Waals surface area contributed by atoms with Crippen molar-refractivity contribution >= 4 is 81.2 Å². The van der Waals surface area contributed by atoms with Gasteiger partial charge in [0.25, 0.3) is 11.8 Å². The van der Waals surface area contributed by atoms with Crippen molar-refractivity contribution in [2.75, 3.05) is 17.7 Å². The molecule has 100 heavy (non-hydrogen) atoms. The summed E-state index contributed by atoms with van der Waals surface area (Å²) in [7, 11) is 0. The molecule has 10 aromatic carbocycles. The molecule has 3 N–H and O–H groups in total. The Kier molecular flexibility index (Phi) is 20.4. The molecule has 4 heterocycles. The minimum absolute atomic E-state index is 0.0314. The maximum Gasteiger partial charge on any atom is 0.356 e. The number of thiazole rings is 1. The van der Waals surface area contributed by atoms with Crippen molar-refractivity contribution in [3.05, 3.63) is 387 Å². The van der Waals surface area contributed by atoms with Crippen LogP contribution in [0.15, 0.2) is 336 Å². The second-order valence-corrected chi connectivity index (χ2v) is 28.0. The fourth-order valence-electron chi connectivity index (χ4n) is 12.8. The molecule has 0 radical (unpaired) electrons. The zero-order chi connectivity index (χ0) is 68.1. The largest absolute Gasteiger partial charge is 0.450 e. The van der Waals surface area contributed by atoms with Crippen molar-refractivity contribution in [1.82, 2.24) is 30.6 Å². The van der Waals surface area contributed by atoms with Crippen LogP contribution in [0.25, 0.3) is 0 Å². The number of thioether (sulfide) groups is 3. The summed E-state index contributed by atoms with van der Waals surface area (Å²) < 4.78 is 12.3. The third-order valence-electron chi connectivity index (χ3n) is 17.4. The lowest BCUT2D eigenvalue weighted by Gasteiger charge is -2.50. The van der Waals surface area contributed by atoms with E-state index < -0.39 is 69.5 Å². The Morgan fingerprint density at radius 2 is 0.980 bits per heavy atom. The van der Waals surface area contributed by atoms with Gasteiger partial charge in [-0.15, -0.1) is 40.0 Å². The summed E-state index contributed by atoms with van der Waals surface area (Å²) >= 11 is 5.57. The van der Waals surface area contributed by atoms with Crippen molar-refractivity contribution in [3.8, 4) is 0 Å². The van der Waals surface area contributed by atoms with Gasteiger partial charge < -0.3 is 24.9 Å². The van der Waals surface area contributed by atoms with Crippen molar-refractivity contribution in [2.45, 2.75) is 44.2 Å². The average Bonchev–Trinajstić information content (AvgIpc) is 0.783. The second kappa shape index (κ2) is 30.8. The first-order valence-electron chi connectivity index (χ1n) is 32.3. The molecule has 3 atom stereocenters. The molecular formula is C81H64N8O7S4. The van der Waals surface area contributed by atoms with E-state index in [1.807, 2.05) is 267 Å². The first kappa shape index (κ1) is 66.2. The van der Waals surface area contributed by atoms with Gasteiger partial charge in [-0.3, -0.25) is 19.6 Å². The van der Waals surface area contributed by atoms with E-state index >= 15 is 14.4 Å². The van der Waals surface area contributed by atoms with Gasteiger partial charge in [-0.05, 0) is 55.6 Å². The fraction of sp³-hybridized carbons (Fsp3) is 0.111. The maximum absolute atomic E-state index is 16.0. The van der Waals surface area contributed by atoms with Crippen molar-refractivity contribution < 1.29 is 33.5 Å². The van der Waals surface area contributed by atoms with E-state index in [0.29, 0.717) is 15.1 Å². The second-order valence-electron chi connectivity index (χ2n) is 23.4. The molecule has 2 aliphatic rings. The molecule has 12 aromatic rings. The van der Waals surface area contributed by atoms with E-state index in [1.54, 1.807) is 11.6 Å². The van der Waals surface area contributed by atoms with Gasteiger partial charge in [-0.25, -0.2) is 14.6 Å². The number of aromatic amines is 1. The number of benzene rings is 10. The van der Waals surface area contributed by atoms with E-state index in [-0.39, 0.29) is 22.9 Å². The number of hydrogen-bond donors (Lipinski definition) is 3. The summed E-state index contributed by atoms with van der Waals surface area (Å²) in [5, 5.41) is 24.6. The highest BCUT2D eigenvalue weighted by Crippen LogP contribution is 2.56. The van der Waals surface area contributed by atoms with Crippen LogP contribution in [-0.2, 0) is 44.4 Å². The molecule has 15 nitrogen and oxygen atoms in total. The predicted molar refractivity (Wildman–Crippen MR) is 394 cm³/mol. The fourth-order valence-corrected chi connectivity index (χ4v) is 18.2. The number of carbonyl (C=O) groups excluding carboxylic acids is 4. The zero-order valence-electron chi connectivity index (χ0n) is 53.5. The molecule has 2 aliphatic heterocycles. The molecule has 2 amide bonds. The number of carbonyl (C=O) groups is 4. The van der Waals surface area contributed by atoms with E-state index in [0.717, 1.165) is 55.6 Å². The third kappa shape index (κ3) is 13.9. The smallest absolute Gasteiger partial charge is 0.356 e. The van der Waals surface area contributed by atoms with Crippen molar-refractivity contribution in [2.24, 2.45) is 5.16 Å². The normalized spacial score (nSPS) is 14.9. The summed E-state index contributed by atoms with van der Waals surface area (Å²) in [4.78, 5) is 74.0. The van der Waals surface area contributed by atoms with E-state index in [9.17, 15) is 4.79 Å². The van der Waals surface area contributed by atoms with Gasteiger partial charge in [0.1, 0.15) is 33.4 Å². The van der Waals surface area contributed by atoms with E-state index in [1.165, 1.54) is 51.5 Å². The number of hydrogen-bond acceptors (Lipinski definition) is 16. The number of ether oxygens (including phenoxy) is 2. The Labute approximate surface area is 595 Å². The molecule has 14 rings (SSSR count). The molecule has 1 saturated heterocycles. The summed E-state index contributed by atoms with van der Waals surface area (Å²) in [6, 6.07) is 97.3. The van der Waals surface area contributed by atoms with Gasteiger partial charge in [-0.1, -0.05) is 325 Å². The molecule has 19 heteroatoms. The lowest BCUT2D eigenvalue weighted by atomic mass is 9.70. The Morgan fingerprint density at radius 3 is 1.41 bits per heavy atom. The monoisotopic (exact) mass is 1390 g/mol. The van der Waals surface area contributed by atoms with Crippen LogP contribution in [-0.4, -0.2) is 83.1 Å². The lowest BCUT2D eigenvalue weighted by Crippen LogP contribution is -2.71. The van der Waals surface area contributed by atoms with Gasteiger partial charge >= 0.3 is 11.9 Å². The number of β-lactam (4-membered cyclic amide) rings is 1. The Bertz CT molecular complexity index is 4520. The lowest BCUT2D eigenvalue weighted by molar-refractivity contribution is -0.154. The molecule has 494 valence electrons. The van der Waals surface area contributed by atoms with Gasteiger partial charge in [0.05, 0.1) is 16.2 Å². The number of rotatable bonds is 26. The van der Waals surface area contributed by atoms with Crippen LogP contribution in [0.2, 0.25) is 0 Å². The summed E-state index contributed by atoms with van der Waals surface area (Å²) in [5.41, 5.74) is 6.40. The number of H-pyrrole nitrogens is 1. The standard InChI is InChI=1S/C81H64N8O7S4/c90-68(95-72(55-31-11-1-12-32-55)56-33-13-2-14-34-56)52-94-87-69(65-53-98-79(83-65)85-81(62-45-25-8-26-46-62,63-47-27-9-28-48-63)64-49-29-10-30-50-64)74(91)84-70-75(92)89-71(77(93)96-73(57-35-15-3-16-36-57)58-37-17-4-18-38-58)66(54-97-76(70)89)99-78(100-67-51-82-88-86-67)80(59-39-19-5-20-40-59,60-41-21-6-22-42-60)61-43-23-7-24-44-61/h1-51,53,70,72-73,76,78H,52,54H2,(H,83,85)(H,84,91)(H,82,86,88)/b87-69+/t70-,76-,78?/m1/s1. The average molecular weight is 1390 g/mol. The van der Waals surface area contributed by atoms with Crippen LogP contribution in [0.3, 0.4) is 0 Å². The molecule has 1 unspecified atom stereocenters. The molecule has 2 aromatic heterocycles.